The van der Waals surface area contributed by atoms with Crippen molar-refractivity contribution in [2.45, 2.75) is 78.4 Å². The normalized spacial score (nSPS) is 18.4. The molecule has 214 valence electrons. The van der Waals surface area contributed by atoms with Crippen molar-refractivity contribution in [2.75, 3.05) is 6.54 Å². The van der Waals surface area contributed by atoms with Crippen LogP contribution in [0.2, 0.25) is 5.02 Å². The van der Waals surface area contributed by atoms with Gasteiger partial charge in [-0.05, 0) is 79.3 Å². The van der Waals surface area contributed by atoms with Gasteiger partial charge >= 0.3 is 5.97 Å². The highest BCUT2D eigenvalue weighted by atomic mass is 35.5. The number of carbonyl (C=O) groups is 2. The molecule has 0 saturated heterocycles. The quantitative estimate of drug-likeness (QED) is 0.145. The summed E-state index contributed by atoms with van der Waals surface area (Å²) in [4.78, 5) is 30.3. The lowest BCUT2D eigenvalue weighted by molar-refractivity contribution is -0.136. The van der Waals surface area contributed by atoms with E-state index in [0.717, 1.165) is 36.8 Å². The largest absolute Gasteiger partial charge is 0.481 e. The van der Waals surface area contributed by atoms with Gasteiger partial charge in [0.2, 0.25) is 5.96 Å². The van der Waals surface area contributed by atoms with Gasteiger partial charge in [-0.1, -0.05) is 56.6 Å². The first-order chi connectivity index (χ1) is 19.0. The van der Waals surface area contributed by atoms with Crippen LogP contribution in [0.3, 0.4) is 0 Å². The van der Waals surface area contributed by atoms with Crippen LogP contribution in [0, 0.1) is 22.8 Å². The Bertz CT molecular complexity index is 1210. The van der Waals surface area contributed by atoms with Crippen molar-refractivity contribution >= 4 is 29.4 Å². The molecule has 0 spiro atoms. The number of guanidine groups is 1. The van der Waals surface area contributed by atoms with Crippen LogP contribution in [-0.2, 0) is 11.3 Å². The lowest BCUT2D eigenvalue weighted by Crippen LogP contribution is -2.47. The second-order valence-electron chi connectivity index (χ2n) is 11.5. The Morgan fingerprint density at radius 1 is 1.10 bits per heavy atom. The van der Waals surface area contributed by atoms with Gasteiger partial charge in [0.15, 0.2) is 6.19 Å². The van der Waals surface area contributed by atoms with E-state index < -0.39 is 5.97 Å². The molecular formula is C31H40ClN5O3. The molecule has 9 heteroatoms. The zero-order valence-electron chi connectivity index (χ0n) is 23.8. The van der Waals surface area contributed by atoms with E-state index >= 15 is 0 Å². The topological polar surface area (TPSA) is 118 Å². The lowest BCUT2D eigenvalue weighted by atomic mass is 9.71. The molecule has 0 radical (unpaired) electrons. The van der Waals surface area contributed by atoms with Gasteiger partial charge in [0.25, 0.3) is 5.91 Å². The fourth-order valence-electron chi connectivity index (χ4n) is 5.20. The van der Waals surface area contributed by atoms with E-state index in [2.05, 4.69) is 42.5 Å². The zero-order chi connectivity index (χ0) is 29.3. The number of carbonyl (C=O) groups excluding carboxylic acids is 1. The fraction of sp³-hybridized carbons (Fsp3) is 0.484. The molecule has 3 N–H and O–H groups in total. The number of rotatable bonds is 9. The monoisotopic (exact) mass is 565 g/mol. The number of nitrogens with one attached hydrogen (secondary N) is 2. The number of carboxylic acids is 1. The van der Waals surface area contributed by atoms with Crippen LogP contribution in [0.4, 0.5) is 0 Å². The molecule has 2 aromatic rings. The fourth-order valence-corrected chi connectivity index (χ4v) is 5.33. The van der Waals surface area contributed by atoms with E-state index in [1.54, 1.807) is 12.1 Å². The second kappa shape index (κ2) is 14.2. The maximum atomic E-state index is 12.4. The third kappa shape index (κ3) is 8.99. The molecule has 1 atom stereocenters. The molecule has 1 unspecified atom stereocenters. The second-order valence-corrected chi connectivity index (χ2v) is 11.9. The number of amides is 1. The zero-order valence-corrected chi connectivity index (χ0v) is 24.5. The van der Waals surface area contributed by atoms with E-state index in [1.165, 1.54) is 0 Å². The van der Waals surface area contributed by atoms with Gasteiger partial charge < -0.3 is 15.3 Å². The molecule has 1 saturated carbocycles. The smallest absolute Gasteiger partial charge is 0.305 e. The van der Waals surface area contributed by atoms with Crippen LogP contribution in [0.25, 0.3) is 0 Å². The minimum atomic E-state index is -0.957. The molecule has 3 rings (SSSR count). The Hall–Kier alpha value is -3.57. The van der Waals surface area contributed by atoms with Crippen molar-refractivity contribution in [3.05, 3.63) is 70.2 Å². The van der Waals surface area contributed by atoms with Crippen LogP contribution in [-0.4, -0.2) is 40.4 Å². The summed E-state index contributed by atoms with van der Waals surface area (Å²) in [5.41, 5.74) is 2.69. The molecule has 0 heterocycles. The minimum Gasteiger partial charge on any atom is -0.481 e. The third-order valence-corrected chi connectivity index (χ3v) is 7.92. The average Bonchev–Trinajstić information content (AvgIpc) is 2.91. The van der Waals surface area contributed by atoms with Crippen molar-refractivity contribution < 1.29 is 14.7 Å². The summed E-state index contributed by atoms with van der Waals surface area (Å²) in [6.45, 7) is 9.49. The summed E-state index contributed by atoms with van der Waals surface area (Å²) in [7, 11) is 0. The minimum absolute atomic E-state index is 0.0758. The SMILES string of the molecule is CC(N=C(NC#N)N(Cc1ccc(C(=O)NCCC(=O)O)cc1)C1CCC(C(C)(C)C)CC1)c1ccc(Cl)cc1. The number of benzene rings is 2. The molecule has 0 aliphatic heterocycles. The predicted octanol–water partition coefficient (Wildman–Crippen LogP) is 6.14. The van der Waals surface area contributed by atoms with Crippen molar-refractivity contribution in [1.29, 1.82) is 5.26 Å². The van der Waals surface area contributed by atoms with Crippen LogP contribution in [0.1, 0.15) is 87.3 Å². The molecule has 0 bridgehead atoms. The highest BCUT2D eigenvalue weighted by Gasteiger charge is 2.33. The summed E-state index contributed by atoms with van der Waals surface area (Å²) < 4.78 is 0. The lowest BCUT2D eigenvalue weighted by Gasteiger charge is -2.42. The van der Waals surface area contributed by atoms with Crippen molar-refractivity contribution in [1.82, 2.24) is 15.5 Å². The molecular weight excluding hydrogens is 526 g/mol. The molecule has 0 aromatic heterocycles. The summed E-state index contributed by atoms with van der Waals surface area (Å²) in [5, 5.41) is 24.6. The average molecular weight is 566 g/mol. The number of halogens is 1. The van der Waals surface area contributed by atoms with E-state index in [9.17, 15) is 14.9 Å². The molecule has 1 aliphatic carbocycles. The molecule has 1 fully saturated rings. The van der Waals surface area contributed by atoms with Crippen LogP contribution in [0.5, 0.6) is 0 Å². The molecule has 2 aromatic carbocycles. The Morgan fingerprint density at radius 2 is 1.73 bits per heavy atom. The first kappa shape index (κ1) is 31.0. The summed E-state index contributed by atoms with van der Waals surface area (Å²) in [6.07, 6.45) is 6.15. The first-order valence-electron chi connectivity index (χ1n) is 13.8. The third-order valence-electron chi connectivity index (χ3n) is 7.66. The summed E-state index contributed by atoms with van der Waals surface area (Å²) >= 11 is 6.08. The van der Waals surface area contributed by atoms with Gasteiger partial charge in [0, 0.05) is 29.7 Å². The highest BCUT2D eigenvalue weighted by molar-refractivity contribution is 6.30. The van der Waals surface area contributed by atoms with Gasteiger partial charge in [-0.15, -0.1) is 0 Å². The van der Waals surface area contributed by atoms with Gasteiger partial charge in [-0.3, -0.25) is 14.9 Å². The van der Waals surface area contributed by atoms with Gasteiger partial charge in [-0.2, -0.15) is 5.26 Å². The van der Waals surface area contributed by atoms with Crippen molar-refractivity contribution in [2.24, 2.45) is 16.3 Å². The standard InChI is InChI=1S/C31H40ClN5O3/c1-21(23-9-13-26(32)14-10-23)36-30(35-20-33)37(27-15-11-25(12-16-27)31(2,3)4)19-22-5-7-24(8-6-22)29(40)34-18-17-28(38)39/h5-10,13-14,21,25,27H,11-12,15-19H2,1-4H3,(H,34,40)(H,35,36)(H,38,39). The van der Waals surface area contributed by atoms with Gasteiger partial charge in [-0.25, -0.2) is 4.99 Å². The Labute approximate surface area is 242 Å². The molecule has 8 nitrogen and oxygen atoms in total. The molecule has 1 aliphatic rings. The number of nitriles is 1. The molecule has 40 heavy (non-hydrogen) atoms. The van der Waals surface area contributed by atoms with Crippen molar-refractivity contribution in [3.63, 3.8) is 0 Å². The van der Waals surface area contributed by atoms with Gasteiger partial charge in [0.05, 0.1) is 12.5 Å². The Balaban J connectivity index is 1.85. The van der Waals surface area contributed by atoms with E-state index in [0.29, 0.717) is 29.0 Å². The maximum Gasteiger partial charge on any atom is 0.305 e. The maximum absolute atomic E-state index is 12.4. The van der Waals surface area contributed by atoms with E-state index in [1.807, 2.05) is 43.3 Å². The van der Waals surface area contributed by atoms with Crippen molar-refractivity contribution in [3.8, 4) is 6.19 Å². The van der Waals surface area contributed by atoms with Crippen LogP contribution in [0.15, 0.2) is 53.5 Å². The van der Waals surface area contributed by atoms with E-state index in [-0.39, 0.29) is 36.4 Å². The number of nitrogens with zero attached hydrogens (tertiary/aromatic N) is 3. The highest BCUT2D eigenvalue weighted by Crippen LogP contribution is 2.39. The van der Waals surface area contributed by atoms with Crippen LogP contribution < -0.4 is 10.6 Å². The summed E-state index contributed by atoms with van der Waals surface area (Å²) in [6, 6.07) is 14.8. The molecule has 1 amide bonds. The number of hydrogen-bond acceptors (Lipinski definition) is 4. The summed E-state index contributed by atoms with van der Waals surface area (Å²) in [5.74, 6) is -0.0991. The Morgan fingerprint density at radius 3 is 2.27 bits per heavy atom. The Kier molecular flexibility index (Phi) is 11.0. The first-order valence-corrected chi connectivity index (χ1v) is 14.2. The number of carboxylic acid groups (broad SMARTS) is 1. The number of aliphatic carboxylic acids is 1. The van der Waals surface area contributed by atoms with E-state index in [4.69, 9.17) is 21.7 Å². The van der Waals surface area contributed by atoms with Gasteiger partial charge in [0.1, 0.15) is 0 Å². The number of aliphatic imine (C=N–C) groups is 1. The number of hydrogen-bond donors (Lipinski definition) is 3. The van der Waals surface area contributed by atoms with Crippen LogP contribution >= 0.6 is 11.6 Å². The predicted molar refractivity (Wildman–Crippen MR) is 158 cm³/mol.